The highest BCUT2D eigenvalue weighted by Gasteiger charge is 2.62. The van der Waals surface area contributed by atoms with Crippen LogP contribution in [-0.4, -0.2) is 0 Å². The maximum atomic E-state index is 2.80. The van der Waals surface area contributed by atoms with Crippen molar-refractivity contribution in [2.45, 2.75) is 193 Å². The van der Waals surface area contributed by atoms with Crippen LogP contribution in [0, 0.1) is 23.7 Å². The SMILES string of the molecule is CC(C)(C)c1cc(-c2cc3c(cc2N(c2ccc4c(c2)C(C)(C)CCC4(C)C)c2ccc4c(c2)C(C)(C)CCC4(C)C)C2(c4ccccc4-3)C3CC4CC(C3)CC2C4)cc(C(C)(C)C)c1. The second-order valence-electron chi connectivity index (χ2n) is 27.3. The Morgan fingerprint density at radius 3 is 1.35 bits per heavy atom. The molecule has 5 aromatic carbocycles. The molecule has 5 aromatic rings. The van der Waals surface area contributed by atoms with Gasteiger partial charge in [-0.15, -0.1) is 0 Å². The third kappa shape index (κ3) is 6.56. The molecular weight excluding hydrogens is 783 g/mol. The lowest BCUT2D eigenvalue weighted by atomic mass is 9.43. The Hall–Kier alpha value is -4.10. The van der Waals surface area contributed by atoms with Crippen LogP contribution in [0.1, 0.15) is 199 Å². The van der Waals surface area contributed by atoms with Crippen molar-refractivity contribution in [3.8, 4) is 22.3 Å². The van der Waals surface area contributed by atoms with E-state index in [-0.39, 0.29) is 37.9 Å². The predicted octanol–water partition coefficient (Wildman–Crippen LogP) is 17.8. The van der Waals surface area contributed by atoms with Gasteiger partial charge in [0.2, 0.25) is 0 Å². The summed E-state index contributed by atoms with van der Waals surface area (Å²) in [5, 5.41) is 0. The first-order valence-corrected chi connectivity index (χ1v) is 25.9. The van der Waals surface area contributed by atoms with Gasteiger partial charge >= 0.3 is 0 Å². The summed E-state index contributed by atoms with van der Waals surface area (Å²) in [6.45, 7) is 34.3. The lowest BCUT2D eigenvalue weighted by molar-refractivity contribution is -0.0399. The minimum absolute atomic E-state index is 0.00259. The molecule has 65 heavy (non-hydrogen) atoms. The smallest absolute Gasteiger partial charge is 0.0543 e. The van der Waals surface area contributed by atoms with E-state index in [4.69, 9.17) is 0 Å². The Morgan fingerprint density at radius 1 is 0.415 bits per heavy atom. The van der Waals surface area contributed by atoms with Crippen molar-refractivity contribution in [1.82, 2.24) is 0 Å². The zero-order chi connectivity index (χ0) is 46.0. The summed E-state index contributed by atoms with van der Waals surface area (Å²) < 4.78 is 0. The van der Waals surface area contributed by atoms with Crippen LogP contribution in [0.3, 0.4) is 0 Å². The second kappa shape index (κ2) is 14.0. The molecule has 0 aromatic heterocycles. The van der Waals surface area contributed by atoms with Gasteiger partial charge in [0.1, 0.15) is 0 Å². The molecule has 4 fully saturated rings. The fourth-order valence-electron chi connectivity index (χ4n) is 15.1. The summed E-state index contributed by atoms with van der Waals surface area (Å²) in [5.74, 6) is 3.19. The molecule has 1 nitrogen and oxygen atoms in total. The van der Waals surface area contributed by atoms with E-state index >= 15 is 0 Å². The Morgan fingerprint density at radius 2 is 0.877 bits per heavy atom. The summed E-state index contributed by atoms with van der Waals surface area (Å²) in [6.07, 6.45) is 11.8. The van der Waals surface area contributed by atoms with Gasteiger partial charge in [-0.25, -0.2) is 0 Å². The molecule has 0 heterocycles. The van der Waals surface area contributed by atoms with Crippen molar-refractivity contribution in [1.29, 1.82) is 0 Å². The molecule has 0 radical (unpaired) electrons. The van der Waals surface area contributed by atoms with E-state index < -0.39 is 0 Å². The molecule has 7 aliphatic rings. The number of hydrogen-bond acceptors (Lipinski definition) is 1. The lowest BCUT2D eigenvalue weighted by Crippen LogP contribution is -2.55. The molecule has 0 N–H and O–H groups in total. The van der Waals surface area contributed by atoms with Crippen LogP contribution in [0.2, 0.25) is 0 Å². The molecule has 4 saturated carbocycles. The highest BCUT2D eigenvalue weighted by molar-refractivity contribution is 5.95. The quantitative estimate of drug-likeness (QED) is 0.174. The Balaban J connectivity index is 1.26. The lowest BCUT2D eigenvalue weighted by Gasteiger charge is -2.61. The van der Waals surface area contributed by atoms with Crippen LogP contribution in [0.4, 0.5) is 17.1 Å². The van der Waals surface area contributed by atoms with Crippen LogP contribution >= 0.6 is 0 Å². The standard InChI is InChI=1S/C64H79N/c1-58(2,3)42-32-41(33-43(34-42)59(4,5)6)49-37-50-48-17-15-16-18-51(48)64(44-28-39-27-40(30-44)31-45(64)29-39)54(50)38-57(49)65(46-19-21-52-55(35-46)62(11,12)25-23-60(52,7)8)47-20-22-53-56(36-47)63(13,14)26-24-61(53,9)10/h15-22,32-40,44-45H,23-31H2,1-14H3. The number of benzene rings is 5. The maximum absolute atomic E-state index is 2.80. The van der Waals surface area contributed by atoms with E-state index in [1.807, 2.05) is 0 Å². The van der Waals surface area contributed by atoms with Gasteiger partial charge in [-0.2, -0.15) is 0 Å². The van der Waals surface area contributed by atoms with E-state index in [2.05, 4.69) is 193 Å². The van der Waals surface area contributed by atoms with Crippen molar-refractivity contribution in [2.75, 3.05) is 4.90 Å². The minimum atomic E-state index is -0.00259. The minimum Gasteiger partial charge on any atom is -0.310 e. The number of anilines is 3. The molecule has 7 aliphatic carbocycles. The predicted molar refractivity (Wildman–Crippen MR) is 278 cm³/mol. The fourth-order valence-corrected chi connectivity index (χ4v) is 15.1. The molecular formula is C64H79N. The number of hydrogen-bond donors (Lipinski definition) is 0. The molecule has 4 bridgehead atoms. The summed E-state index contributed by atoms with van der Waals surface area (Å²) in [7, 11) is 0. The maximum Gasteiger partial charge on any atom is 0.0543 e. The van der Waals surface area contributed by atoms with Gasteiger partial charge in [0, 0.05) is 22.4 Å². The van der Waals surface area contributed by atoms with Gasteiger partial charge in [-0.1, -0.05) is 152 Å². The molecule has 0 amide bonds. The van der Waals surface area contributed by atoms with Gasteiger partial charge in [0.15, 0.2) is 0 Å². The van der Waals surface area contributed by atoms with Crippen molar-refractivity contribution >= 4 is 17.1 Å². The monoisotopic (exact) mass is 862 g/mol. The van der Waals surface area contributed by atoms with Gasteiger partial charge in [-0.05, 0) is 212 Å². The fraction of sp³-hybridized carbons (Fsp3) is 0.531. The van der Waals surface area contributed by atoms with Gasteiger partial charge in [-0.3, -0.25) is 0 Å². The summed E-state index contributed by atoms with van der Waals surface area (Å²) in [5.41, 5.74) is 22.3. The largest absolute Gasteiger partial charge is 0.310 e. The number of rotatable bonds is 4. The van der Waals surface area contributed by atoms with Crippen LogP contribution in [0.5, 0.6) is 0 Å². The first-order chi connectivity index (χ1) is 30.4. The van der Waals surface area contributed by atoms with E-state index in [1.165, 1.54) is 130 Å². The topological polar surface area (TPSA) is 3.24 Å². The third-order valence-electron chi connectivity index (χ3n) is 19.1. The van der Waals surface area contributed by atoms with E-state index in [9.17, 15) is 0 Å². The number of nitrogens with zero attached hydrogens (tertiary/aromatic N) is 1. The van der Waals surface area contributed by atoms with Crippen molar-refractivity contribution in [3.05, 3.63) is 136 Å². The van der Waals surface area contributed by atoms with E-state index in [0.717, 1.165) is 11.8 Å². The van der Waals surface area contributed by atoms with Crippen LogP contribution in [0.25, 0.3) is 22.3 Å². The first kappa shape index (κ1) is 43.5. The Kier molecular flexibility index (Phi) is 9.35. The molecule has 340 valence electrons. The van der Waals surface area contributed by atoms with Gasteiger partial charge in [0.25, 0.3) is 0 Å². The van der Waals surface area contributed by atoms with Gasteiger partial charge < -0.3 is 4.90 Å². The summed E-state index contributed by atoms with van der Waals surface area (Å²) in [4.78, 5) is 2.76. The van der Waals surface area contributed by atoms with Crippen molar-refractivity contribution in [3.63, 3.8) is 0 Å². The average Bonchev–Trinajstić information content (AvgIpc) is 3.52. The van der Waals surface area contributed by atoms with Crippen molar-refractivity contribution < 1.29 is 0 Å². The van der Waals surface area contributed by atoms with Gasteiger partial charge in [0.05, 0.1) is 5.69 Å². The molecule has 1 spiro atoms. The highest BCUT2D eigenvalue weighted by Crippen LogP contribution is 2.70. The third-order valence-corrected chi connectivity index (χ3v) is 19.1. The first-order valence-electron chi connectivity index (χ1n) is 25.9. The molecule has 0 aliphatic heterocycles. The average molecular weight is 862 g/mol. The summed E-state index contributed by atoms with van der Waals surface area (Å²) >= 11 is 0. The molecule has 0 saturated heterocycles. The van der Waals surface area contributed by atoms with Crippen LogP contribution < -0.4 is 4.90 Å². The summed E-state index contributed by atoms with van der Waals surface area (Å²) in [6, 6.07) is 38.2. The molecule has 1 heteroatoms. The second-order valence-corrected chi connectivity index (χ2v) is 27.3. The van der Waals surface area contributed by atoms with E-state index in [0.29, 0.717) is 11.8 Å². The Labute approximate surface area is 394 Å². The zero-order valence-electron chi connectivity index (χ0n) is 42.8. The zero-order valence-corrected chi connectivity index (χ0v) is 42.8. The molecule has 12 rings (SSSR count). The number of fused-ring (bicyclic) bond motifs is 5. The molecule has 0 atom stereocenters. The van der Waals surface area contributed by atoms with Crippen molar-refractivity contribution in [2.24, 2.45) is 23.7 Å². The van der Waals surface area contributed by atoms with Crippen LogP contribution in [0.15, 0.2) is 91.0 Å². The Bertz CT molecular complexity index is 2610. The molecule has 0 unspecified atom stereocenters. The highest BCUT2D eigenvalue weighted by atomic mass is 15.1. The normalized spacial score (nSPS) is 27.2. The van der Waals surface area contributed by atoms with Crippen LogP contribution in [-0.2, 0) is 37.9 Å². The van der Waals surface area contributed by atoms with E-state index in [1.54, 1.807) is 11.1 Å².